The number of methoxy groups -OCH3 is 1. The minimum atomic E-state index is -0.777. The van der Waals surface area contributed by atoms with Gasteiger partial charge in [0.15, 0.2) is 5.37 Å². The molecule has 6 nitrogen and oxygen atoms in total. The molecule has 1 aromatic rings. The van der Waals surface area contributed by atoms with E-state index < -0.39 is 23.4 Å². The van der Waals surface area contributed by atoms with Crippen molar-refractivity contribution in [2.24, 2.45) is 0 Å². The zero-order valence-corrected chi connectivity index (χ0v) is 12.6. The smallest absolute Gasteiger partial charge is 0.339 e. The highest BCUT2D eigenvalue weighted by Gasteiger charge is 2.55. The molecule has 2 atom stereocenters. The number of hydrogen-bond donors (Lipinski definition) is 0. The SMILES string of the molecule is COC(=O)[C@@H]1SC[C@H]2C(=O)N(c3cccc(Cl)c3)C(=O)N21. The van der Waals surface area contributed by atoms with Crippen LogP contribution in [0.15, 0.2) is 24.3 Å². The van der Waals surface area contributed by atoms with Crippen LogP contribution in [0.2, 0.25) is 5.02 Å². The second-order valence-corrected chi connectivity index (χ2v) is 6.12. The average molecular weight is 327 g/mol. The lowest BCUT2D eigenvalue weighted by Crippen LogP contribution is -2.41. The van der Waals surface area contributed by atoms with Gasteiger partial charge in [0.1, 0.15) is 6.04 Å². The van der Waals surface area contributed by atoms with Gasteiger partial charge in [0.05, 0.1) is 12.8 Å². The number of nitrogens with zero attached hydrogens (tertiary/aromatic N) is 2. The van der Waals surface area contributed by atoms with Crippen LogP contribution in [0.5, 0.6) is 0 Å². The molecule has 0 spiro atoms. The Hall–Kier alpha value is -1.73. The maximum Gasteiger partial charge on any atom is 0.339 e. The molecule has 0 N–H and O–H groups in total. The van der Waals surface area contributed by atoms with Gasteiger partial charge in [-0.1, -0.05) is 17.7 Å². The van der Waals surface area contributed by atoms with Crippen molar-refractivity contribution in [3.63, 3.8) is 0 Å². The molecule has 2 aliphatic rings. The number of fused-ring (bicyclic) bond motifs is 1. The predicted molar refractivity (Wildman–Crippen MR) is 78.2 cm³/mol. The van der Waals surface area contributed by atoms with E-state index in [1.807, 2.05) is 0 Å². The lowest BCUT2D eigenvalue weighted by Gasteiger charge is -2.20. The molecule has 0 aromatic heterocycles. The Bertz CT molecular complexity index is 638. The topological polar surface area (TPSA) is 66.9 Å². The maximum atomic E-state index is 12.5. The zero-order chi connectivity index (χ0) is 15.1. The van der Waals surface area contributed by atoms with Crippen LogP contribution in [0.3, 0.4) is 0 Å². The number of esters is 1. The summed E-state index contributed by atoms with van der Waals surface area (Å²) in [4.78, 5) is 39.0. The molecule has 0 aliphatic carbocycles. The number of halogens is 1. The number of benzene rings is 1. The van der Waals surface area contributed by atoms with Gasteiger partial charge in [-0.3, -0.25) is 9.69 Å². The van der Waals surface area contributed by atoms with Crippen molar-refractivity contribution < 1.29 is 19.1 Å². The van der Waals surface area contributed by atoms with Crippen molar-refractivity contribution in [1.82, 2.24) is 4.90 Å². The van der Waals surface area contributed by atoms with Crippen LogP contribution in [0, 0.1) is 0 Å². The summed E-state index contributed by atoms with van der Waals surface area (Å²) in [5.41, 5.74) is 0.403. The fraction of sp³-hybridized carbons (Fsp3) is 0.308. The molecule has 0 radical (unpaired) electrons. The molecule has 2 fully saturated rings. The molecule has 1 aromatic carbocycles. The first-order valence-corrected chi connectivity index (χ1v) is 7.58. The molecule has 8 heteroatoms. The van der Waals surface area contributed by atoms with Crippen LogP contribution >= 0.6 is 23.4 Å². The summed E-state index contributed by atoms with van der Waals surface area (Å²) in [6, 6.07) is 5.33. The number of anilines is 1. The first kappa shape index (κ1) is 14.2. The summed E-state index contributed by atoms with van der Waals surface area (Å²) in [7, 11) is 1.26. The molecule has 0 bridgehead atoms. The van der Waals surface area contributed by atoms with Crippen LogP contribution in [0.4, 0.5) is 10.5 Å². The third-order valence-corrected chi connectivity index (χ3v) is 4.87. The Balaban J connectivity index is 1.95. The van der Waals surface area contributed by atoms with Gasteiger partial charge in [-0.2, -0.15) is 0 Å². The number of thioether (sulfide) groups is 1. The fourth-order valence-corrected chi connectivity index (χ4v) is 3.91. The van der Waals surface area contributed by atoms with E-state index in [9.17, 15) is 14.4 Å². The Labute approximate surface area is 130 Å². The first-order chi connectivity index (χ1) is 10.0. The van der Waals surface area contributed by atoms with E-state index in [0.717, 1.165) is 4.90 Å². The molecule has 3 amide bonds. The van der Waals surface area contributed by atoms with Gasteiger partial charge >= 0.3 is 12.0 Å². The van der Waals surface area contributed by atoms with Crippen LogP contribution in [-0.4, -0.2) is 47.1 Å². The van der Waals surface area contributed by atoms with E-state index in [2.05, 4.69) is 4.74 Å². The Morgan fingerprint density at radius 2 is 2.19 bits per heavy atom. The van der Waals surface area contributed by atoms with Crippen molar-refractivity contribution in [3.8, 4) is 0 Å². The second kappa shape index (κ2) is 5.23. The first-order valence-electron chi connectivity index (χ1n) is 6.16. The molecule has 2 heterocycles. The molecule has 2 saturated heterocycles. The van der Waals surface area contributed by atoms with E-state index in [0.29, 0.717) is 16.5 Å². The number of carbonyl (C=O) groups excluding carboxylic acids is 3. The van der Waals surface area contributed by atoms with Gasteiger partial charge in [0.25, 0.3) is 5.91 Å². The van der Waals surface area contributed by atoms with Crippen LogP contribution < -0.4 is 4.90 Å². The molecule has 21 heavy (non-hydrogen) atoms. The lowest BCUT2D eigenvalue weighted by molar-refractivity contribution is -0.142. The van der Waals surface area contributed by atoms with E-state index >= 15 is 0 Å². The second-order valence-electron chi connectivity index (χ2n) is 4.57. The molecular formula is C13H11ClN2O4S. The molecule has 0 unspecified atom stereocenters. The third-order valence-electron chi connectivity index (χ3n) is 3.39. The molecule has 3 rings (SSSR count). The Morgan fingerprint density at radius 3 is 2.86 bits per heavy atom. The summed E-state index contributed by atoms with van der Waals surface area (Å²) < 4.78 is 4.68. The van der Waals surface area contributed by atoms with E-state index in [4.69, 9.17) is 11.6 Å². The molecular weight excluding hydrogens is 316 g/mol. The molecule has 0 saturated carbocycles. The summed E-state index contributed by atoms with van der Waals surface area (Å²) >= 11 is 7.13. The predicted octanol–water partition coefficient (Wildman–Crippen LogP) is 1.72. The van der Waals surface area contributed by atoms with Gasteiger partial charge < -0.3 is 4.74 Å². The van der Waals surface area contributed by atoms with Crippen molar-refractivity contribution in [2.45, 2.75) is 11.4 Å². The lowest BCUT2D eigenvalue weighted by atomic mass is 10.2. The van der Waals surface area contributed by atoms with Crippen LogP contribution in [0.1, 0.15) is 0 Å². The van der Waals surface area contributed by atoms with Gasteiger partial charge in [-0.25, -0.2) is 14.5 Å². The average Bonchev–Trinajstić information content (AvgIpc) is 3.00. The van der Waals surface area contributed by atoms with Gasteiger partial charge in [0.2, 0.25) is 0 Å². The minimum Gasteiger partial charge on any atom is -0.467 e. The van der Waals surface area contributed by atoms with Crippen molar-refractivity contribution in [2.75, 3.05) is 17.8 Å². The number of urea groups is 1. The fourth-order valence-electron chi connectivity index (χ4n) is 2.42. The summed E-state index contributed by atoms with van der Waals surface area (Å²) in [6.45, 7) is 0. The molecule has 2 aliphatic heterocycles. The number of amides is 3. The van der Waals surface area contributed by atoms with Crippen molar-refractivity contribution in [3.05, 3.63) is 29.3 Å². The number of imide groups is 1. The van der Waals surface area contributed by atoms with E-state index in [1.165, 1.54) is 23.8 Å². The van der Waals surface area contributed by atoms with Crippen LogP contribution in [0.25, 0.3) is 0 Å². The van der Waals surface area contributed by atoms with E-state index in [-0.39, 0.29) is 5.91 Å². The Morgan fingerprint density at radius 1 is 1.43 bits per heavy atom. The largest absolute Gasteiger partial charge is 0.467 e. The summed E-state index contributed by atoms with van der Waals surface area (Å²) in [5.74, 6) is -0.501. The minimum absolute atomic E-state index is 0.346. The van der Waals surface area contributed by atoms with Gasteiger partial charge in [-0.15, -0.1) is 11.8 Å². The molecule has 110 valence electrons. The summed E-state index contributed by atoms with van der Waals surface area (Å²) in [6.07, 6.45) is 0. The normalized spacial score (nSPS) is 24.5. The monoisotopic (exact) mass is 326 g/mol. The number of ether oxygens (including phenoxy) is 1. The summed E-state index contributed by atoms with van der Waals surface area (Å²) in [5, 5.41) is -0.348. The number of hydrogen-bond acceptors (Lipinski definition) is 5. The quantitative estimate of drug-likeness (QED) is 0.611. The Kier molecular flexibility index (Phi) is 3.54. The third kappa shape index (κ3) is 2.16. The highest BCUT2D eigenvalue weighted by Crippen LogP contribution is 2.38. The van der Waals surface area contributed by atoms with Gasteiger partial charge in [-0.05, 0) is 18.2 Å². The standard InChI is InChI=1S/C13H11ClN2O4S/c1-20-12(18)11-16-9(6-21-11)10(17)15(13(16)19)8-4-2-3-7(14)5-8/h2-5,9,11H,6H2,1H3/t9-,11-/m0/s1. The van der Waals surface area contributed by atoms with Crippen molar-refractivity contribution >= 4 is 47.0 Å². The maximum absolute atomic E-state index is 12.5. The van der Waals surface area contributed by atoms with Crippen LogP contribution in [-0.2, 0) is 14.3 Å². The van der Waals surface area contributed by atoms with E-state index in [1.54, 1.807) is 24.3 Å². The zero-order valence-electron chi connectivity index (χ0n) is 11.0. The number of carbonyl (C=O) groups is 3. The van der Waals surface area contributed by atoms with Gasteiger partial charge in [0, 0.05) is 10.8 Å². The highest BCUT2D eigenvalue weighted by atomic mass is 35.5. The number of rotatable bonds is 2. The highest BCUT2D eigenvalue weighted by molar-refractivity contribution is 8.00. The van der Waals surface area contributed by atoms with Crippen molar-refractivity contribution in [1.29, 1.82) is 0 Å².